The van der Waals surface area contributed by atoms with Crippen LogP contribution in [0.2, 0.25) is 0 Å². The van der Waals surface area contributed by atoms with E-state index in [9.17, 15) is 4.79 Å². The van der Waals surface area contributed by atoms with Gasteiger partial charge in [-0.25, -0.2) is 0 Å². The molecule has 11 heavy (non-hydrogen) atoms. The Bertz CT molecular complexity index is 76.2. The highest BCUT2D eigenvalue weighted by Crippen LogP contribution is 1.98. The fraction of sp³-hybridized carbons (Fsp3) is 0.875. The summed E-state index contributed by atoms with van der Waals surface area (Å²) in [4.78, 5) is 10.4. The standard InChI is InChI=1S/C5H9NO.C2H6.CH5N/c7-5-3-1-2-4-6-5;2*1-2/h1-4H2,(H,6,7);1-2H3;2H2,1H3. The van der Waals surface area contributed by atoms with Crippen LogP contribution in [-0.2, 0) is 4.79 Å². The Morgan fingerprint density at radius 2 is 1.82 bits per heavy atom. The van der Waals surface area contributed by atoms with Gasteiger partial charge in [-0.2, -0.15) is 0 Å². The van der Waals surface area contributed by atoms with Crippen LogP contribution in [0.1, 0.15) is 33.1 Å². The number of nitrogens with one attached hydrogen (secondary N) is 1. The average Bonchev–Trinajstić information content (AvgIpc) is 2.13. The summed E-state index contributed by atoms with van der Waals surface area (Å²) >= 11 is 0. The van der Waals surface area contributed by atoms with E-state index in [2.05, 4.69) is 11.1 Å². The Kier molecular flexibility index (Phi) is 14.4. The lowest BCUT2D eigenvalue weighted by atomic mass is 10.2. The molecule has 0 saturated carbocycles. The van der Waals surface area contributed by atoms with E-state index in [-0.39, 0.29) is 5.91 Å². The third-order valence-corrected chi connectivity index (χ3v) is 1.15. The zero-order valence-corrected chi connectivity index (χ0v) is 7.81. The van der Waals surface area contributed by atoms with Crippen LogP contribution in [0.15, 0.2) is 0 Å². The highest BCUT2D eigenvalue weighted by molar-refractivity contribution is 5.76. The van der Waals surface area contributed by atoms with Crippen molar-refractivity contribution in [1.82, 2.24) is 5.32 Å². The van der Waals surface area contributed by atoms with Gasteiger partial charge in [-0.15, -0.1) is 0 Å². The zero-order valence-electron chi connectivity index (χ0n) is 7.81. The van der Waals surface area contributed by atoms with Crippen molar-refractivity contribution in [2.75, 3.05) is 13.6 Å². The number of carbonyl (C=O) groups excluding carboxylic acids is 1. The van der Waals surface area contributed by atoms with Crippen molar-refractivity contribution in [1.29, 1.82) is 0 Å². The van der Waals surface area contributed by atoms with Crippen LogP contribution < -0.4 is 11.1 Å². The molecular formula is C8H20N2O. The minimum absolute atomic E-state index is 0.214. The summed E-state index contributed by atoms with van der Waals surface area (Å²) in [5, 5.41) is 2.74. The van der Waals surface area contributed by atoms with Gasteiger partial charge in [0, 0.05) is 13.0 Å². The van der Waals surface area contributed by atoms with Crippen molar-refractivity contribution in [3.8, 4) is 0 Å². The van der Waals surface area contributed by atoms with Crippen LogP contribution in [0.3, 0.4) is 0 Å². The van der Waals surface area contributed by atoms with Crippen LogP contribution in [0, 0.1) is 0 Å². The first-order valence-corrected chi connectivity index (χ1v) is 4.24. The van der Waals surface area contributed by atoms with Crippen molar-refractivity contribution in [2.45, 2.75) is 33.1 Å². The lowest BCUT2D eigenvalue weighted by molar-refractivity contribution is -0.122. The lowest BCUT2D eigenvalue weighted by Crippen LogP contribution is -2.28. The number of carbonyl (C=O) groups is 1. The molecule has 0 spiro atoms. The SMILES string of the molecule is CC.CN.O=C1CCCCN1. The first-order valence-electron chi connectivity index (χ1n) is 4.24. The van der Waals surface area contributed by atoms with Gasteiger partial charge in [0.25, 0.3) is 0 Å². The van der Waals surface area contributed by atoms with E-state index < -0.39 is 0 Å². The van der Waals surface area contributed by atoms with Gasteiger partial charge in [0.05, 0.1) is 0 Å². The summed E-state index contributed by atoms with van der Waals surface area (Å²) in [6.07, 6.45) is 2.97. The molecule has 0 aromatic rings. The number of hydrogen-bond acceptors (Lipinski definition) is 2. The molecule has 0 radical (unpaired) electrons. The molecule has 0 atom stereocenters. The maximum absolute atomic E-state index is 10.4. The van der Waals surface area contributed by atoms with Crippen molar-refractivity contribution in [3.05, 3.63) is 0 Å². The summed E-state index contributed by atoms with van der Waals surface area (Å²) in [6.45, 7) is 4.89. The van der Waals surface area contributed by atoms with Crippen LogP contribution in [0.25, 0.3) is 0 Å². The predicted octanol–water partition coefficient (Wildman–Crippen LogP) is 0.888. The van der Waals surface area contributed by atoms with Crippen molar-refractivity contribution < 1.29 is 4.79 Å². The van der Waals surface area contributed by atoms with Crippen molar-refractivity contribution in [3.63, 3.8) is 0 Å². The topological polar surface area (TPSA) is 55.1 Å². The van der Waals surface area contributed by atoms with E-state index in [1.165, 1.54) is 7.05 Å². The normalized spacial score (nSPS) is 14.7. The number of amides is 1. The highest BCUT2D eigenvalue weighted by atomic mass is 16.1. The molecule has 1 rings (SSSR count). The second-order valence-corrected chi connectivity index (χ2v) is 1.81. The largest absolute Gasteiger partial charge is 0.356 e. The molecule has 0 unspecified atom stereocenters. The maximum atomic E-state index is 10.4. The molecule has 1 heterocycles. The molecule has 1 saturated heterocycles. The Morgan fingerprint density at radius 1 is 1.27 bits per heavy atom. The van der Waals surface area contributed by atoms with E-state index in [4.69, 9.17) is 0 Å². The molecule has 68 valence electrons. The van der Waals surface area contributed by atoms with Gasteiger partial charge in [-0.3, -0.25) is 4.79 Å². The second-order valence-electron chi connectivity index (χ2n) is 1.81. The Morgan fingerprint density at radius 3 is 2.00 bits per heavy atom. The molecule has 3 heteroatoms. The Hall–Kier alpha value is -0.570. The molecule has 0 aromatic carbocycles. The molecule has 0 bridgehead atoms. The van der Waals surface area contributed by atoms with E-state index in [1.807, 2.05) is 13.8 Å². The van der Waals surface area contributed by atoms with Crippen molar-refractivity contribution >= 4 is 5.91 Å². The van der Waals surface area contributed by atoms with Crippen molar-refractivity contribution in [2.24, 2.45) is 5.73 Å². The van der Waals surface area contributed by atoms with E-state index in [0.29, 0.717) is 0 Å². The number of hydrogen-bond donors (Lipinski definition) is 2. The van der Waals surface area contributed by atoms with Gasteiger partial charge in [-0.1, -0.05) is 13.8 Å². The summed E-state index contributed by atoms with van der Waals surface area (Å²) in [5.74, 6) is 0.214. The third-order valence-electron chi connectivity index (χ3n) is 1.15. The minimum Gasteiger partial charge on any atom is -0.356 e. The van der Waals surface area contributed by atoms with Crippen LogP contribution >= 0.6 is 0 Å². The first kappa shape index (κ1) is 13.1. The molecular weight excluding hydrogens is 140 g/mol. The summed E-state index contributed by atoms with van der Waals surface area (Å²) < 4.78 is 0. The maximum Gasteiger partial charge on any atom is 0.219 e. The fourth-order valence-electron chi connectivity index (χ4n) is 0.727. The number of nitrogens with two attached hydrogens (primary N) is 1. The van der Waals surface area contributed by atoms with E-state index >= 15 is 0 Å². The molecule has 1 fully saturated rings. The van der Waals surface area contributed by atoms with Crippen LogP contribution in [-0.4, -0.2) is 19.5 Å². The Balaban J connectivity index is 0. The quantitative estimate of drug-likeness (QED) is 0.553. The molecule has 0 aliphatic carbocycles. The fourth-order valence-corrected chi connectivity index (χ4v) is 0.727. The zero-order chi connectivity index (χ0) is 9.11. The molecule has 1 amide bonds. The average molecular weight is 160 g/mol. The molecule has 1 aliphatic rings. The van der Waals surface area contributed by atoms with Gasteiger partial charge < -0.3 is 11.1 Å². The number of rotatable bonds is 0. The van der Waals surface area contributed by atoms with Gasteiger partial charge in [0.15, 0.2) is 0 Å². The van der Waals surface area contributed by atoms with Crippen LogP contribution in [0.5, 0.6) is 0 Å². The second kappa shape index (κ2) is 12.1. The minimum atomic E-state index is 0.214. The monoisotopic (exact) mass is 160 g/mol. The Labute approximate surface area is 69.4 Å². The van der Waals surface area contributed by atoms with E-state index in [1.54, 1.807) is 0 Å². The summed E-state index contributed by atoms with van der Waals surface area (Å²) in [5.41, 5.74) is 4.50. The first-order chi connectivity index (χ1) is 5.39. The van der Waals surface area contributed by atoms with Crippen LogP contribution in [0.4, 0.5) is 0 Å². The van der Waals surface area contributed by atoms with Gasteiger partial charge in [0.2, 0.25) is 5.91 Å². The lowest BCUT2D eigenvalue weighted by Gasteiger charge is -2.08. The highest BCUT2D eigenvalue weighted by Gasteiger charge is 2.04. The number of piperidine rings is 1. The van der Waals surface area contributed by atoms with Gasteiger partial charge in [-0.05, 0) is 19.9 Å². The molecule has 3 nitrogen and oxygen atoms in total. The van der Waals surface area contributed by atoms with Gasteiger partial charge in [0.1, 0.15) is 0 Å². The van der Waals surface area contributed by atoms with E-state index in [0.717, 1.165) is 25.8 Å². The smallest absolute Gasteiger partial charge is 0.219 e. The summed E-state index contributed by atoms with van der Waals surface area (Å²) in [7, 11) is 1.50. The van der Waals surface area contributed by atoms with Gasteiger partial charge >= 0.3 is 0 Å². The predicted molar refractivity (Wildman–Crippen MR) is 48.3 cm³/mol. The third kappa shape index (κ3) is 9.43. The molecule has 3 N–H and O–H groups in total. The summed E-state index contributed by atoms with van der Waals surface area (Å²) in [6, 6.07) is 0. The molecule has 0 aromatic heterocycles. The molecule has 1 aliphatic heterocycles.